The molecule has 1 atom stereocenters. The van der Waals surface area contributed by atoms with Gasteiger partial charge in [-0.1, -0.05) is 56.3 Å². The second-order valence-electron chi connectivity index (χ2n) is 9.73. The normalized spacial score (nSPS) is 20.8. The van der Waals surface area contributed by atoms with Crippen LogP contribution < -0.4 is 10.6 Å². The van der Waals surface area contributed by atoms with Gasteiger partial charge in [-0.2, -0.15) is 0 Å². The van der Waals surface area contributed by atoms with E-state index in [4.69, 9.17) is 0 Å². The quantitative estimate of drug-likeness (QED) is 0.624. The summed E-state index contributed by atoms with van der Waals surface area (Å²) in [7, 11) is 0. The smallest absolute Gasteiger partial charge is 0.325 e. The summed E-state index contributed by atoms with van der Waals surface area (Å²) in [5.41, 5.74) is 1.36. The van der Waals surface area contributed by atoms with E-state index < -0.39 is 17.5 Å². The van der Waals surface area contributed by atoms with Gasteiger partial charge in [0.05, 0.1) is 0 Å². The van der Waals surface area contributed by atoms with Crippen molar-refractivity contribution in [2.75, 3.05) is 25.0 Å². The number of anilines is 1. The number of imide groups is 1. The Morgan fingerprint density at radius 2 is 1.66 bits per heavy atom. The van der Waals surface area contributed by atoms with Gasteiger partial charge in [0.2, 0.25) is 11.8 Å². The molecule has 2 aromatic carbocycles. The average Bonchev–Trinajstić information content (AvgIpc) is 3.08. The van der Waals surface area contributed by atoms with Crippen LogP contribution in [-0.4, -0.2) is 53.2 Å². The number of para-hydroxylation sites is 1. The van der Waals surface area contributed by atoms with Gasteiger partial charge in [0.25, 0.3) is 5.91 Å². The average molecular weight is 477 g/mol. The molecule has 8 nitrogen and oxygen atoms in total. The molecule has 184 valence electrons. The van der Waals surface area contributed by atoms with Gasteiger partial charge in [-0.3, -0.25) is 19.3 Å². The van der Waals surface area contributed by atoms with Crippen LogP contribution in [0.2, 0.25) is 0 Å². The Labute approximate surface area is 205 Å². The Morgan fingerprint density at radius 1 is 1.03 bits per heavy atom. The number of hydrogen-bond donors (Lipinski definition) is 2. The standard InChI is InChI=1S/C27H32N4O4/c1-18(2)19-9-11-21(12-10-19)27(3)25(34)31(26(35)29-27)17-23(32)30-15-13-20(14-16-30)24(33)28-22-7-5-4-6-8-22/h4-12,18,20H,13-17H2,1-3H3,(H,28,33)(H,29,35)/t27-/m1/s1. The van der Waals surface area contributed by atoms with E-state index in [1.54, 1.807) is 11.8 Å². The lowest BCUT2D eigenvalue weighted by atomic mass is 9.90. The van der Waals surface area contributed by atoms with E-state index in [-0.39, 0.29) is 24.3 Å². The Hall–Kier alpha value is -3.68. The maximum atomic E-state index is 13.2. The maximum absolute atomic E-state index is 13.2. The minimum Gasteiger partial charge on any atom is -0.341 e. The van der Waals surface area contributed by atoms with E-state index >= 15 is 0 Å². The minimum atomic E-state index is -1.21. The lowest BCUT2D eigenvalue weighted by Gasteiger charge is -2.32. The second-order valence-corrected chi connectivity index (χ2v) is 9.73. The third kappa shape index (κ3) is 5.06. The predicted molar refractivity (Wildman–Crippen MR) is 133 cm³/mol. The molecule has 35 heavy (non-hydrogen) atoms. The monoisotopic (exact) mass is 476 g/mol. The Morgan fingerprint density at radius 3 is 2.26 bits per heavy atom. The van der Waals surface area contributed by atoms with Crippen LogP contribution in [-0.2, 0) is 19.9 Å². The molecule has 2 aliphatic heterocycles. The first kappa shape index (κ1) is 24.4. The molecule has 0 unspecified atom stereocenters. The van der Waals surface area contributed by atoms with Crippen molar-refractivity contribution in [2.45, 2.75) is 45.1 Å². The van der Waals surface area contributed by atoms with Crippen molar-refractivity contribution in [2.24, 2.45) is 5.92 Å². The number of amides is 5. The van der Waals surface area contributed by atoms with Gasteiger partial charge in [-0.05, 0) is 48.9 Å². The van der Waals surface area contributed by atoms with Crippen LogP contribution in [0.25, 0.3) is 0 Å². The SMILES string of the molecule is CC(C)c1ccc([C@@]2(C)NC(=O)N(CC(=O)N3CCC(C(=O)Nc4ccccc4)CC3)C2=O)cc1. The van der Waals surface area contributed by atoms with E-state index in [0.717, 1.165) is 16.2 Å². The molecule has 2 saturated heterocycles. The molecule has 2 fully saturated rings. The number of rotatable bonds is 6. The molecule has 0 saturated carbocycles. The lowest BCUT2D eigenvalue weighted by Crippen LogP contribution is -2.47. The first-order chi connectivity index (χ1) is 16.7. The summed E-state index contributed by atoms with van der Waals surface area (Å²) in [6, 6.07) is 16.3. The first-order valence-electron chi connectivity index (χ1n) is 12.1. The maximum Gasteiger partial charge on any atom is 0.325 e. The van der Waals surface area contributed by atoms with Crippen LogP contribution in [0.3, 0.4) is 0 Å². The largest absolute Gasteiger partial charge is 0.341 e. The summed E-state index contributed by atoms with van der Waals surface area (Å²) in [4.78, 5) is 54.0. The number of nitrogens with one attached hydrogen (secondary N) is 2. The molecule has 0 aromatic heterocycles. The first-order valence-corrected chi connectivity index (χ1v) is 12.1. The number of carbonyl (C=O) groups excluding carboxylic acids is 4. The molecule has 5 amide bonds. The van der Waals surface area contributed by atoms with Gasteiger partial charge in [0, 0.05) is 24.7 Å². The zero-order valence-corrected chi connectivity index (χ0v) is 20.4. The fourth-order valence-electron chi connectivity index (χ4n) is 4.63. The van der Waals surface area contributed by atoms with Crippen LogP contribution in [0.4, 0.5) is 10.5 Å². The summed E-state index contributed by atoms with van der Waals surface area (Å²) in [5.74, 6) is -0.627. The number of piperidine rings is 1. The van der Waals surface area contributed by atoms with E-state index in [2.05, 4.69) is 24.5 Å². The topological polar surface area (TPSA) is 98.8 Å². The molecular weight excluding hydrogens is 444 g/mol. The van der Waals surface area contributed by atoms with Crippen LogP contribution in [0.5, 0.6) is 0 Å². The van der Waals surface area contributed by atoms with E-state index in [9.17, 15) is 19.2 Å². The van der Waals surface area contributed by atoms with E-state index in [1.807, 2.05) is 54.6 Å². The molecule has 0 aliphatic carbocycles. The highest BCUT2D eigenvalue weighted by atomic mass is 16.2. The van der Waals surface area contributed by atoms with Crippen LogP contribution >= 0.6 is 0 Å². The van der Waals surface area contributed by atoms with Crippen molar-refractivity contribution in [3.8, 4) is 0 Å². The summed E-state index contributed by atoms with van der Waals surface area (Å²) >= 11 is 0. The summed E-state index contributed by atoms with van der Waals surface area (Å²) in [5, 5.41) is 5.67. The van der Waals surface area contributed by atoms with Crippen molar-refractivity contribution in [3.05, 3.63) is 65.7 Å². The van der Waals surface area contributed by atoms with Crippen LogP contribution in [0.15, 0.2) is 54.6 Å². The fourth-order valence-corrected chi connectivity index (χ4v) is 4.63. The van der Waals surface area contributed by atoms with Crippen LogP contribution in [0, 0.1) is 5.92 Å². The van der Waals surface area contributed by atoms with Gasteiger partial charge in [0.15, 0.2) is 0 Å². The Balaban J connectivity index is 1.34. The van der Waals surface area contributed by atoms with Crippen molar-refractivity contribution in [1.82, 2.24) is 15.1 Å². The number of benzene rings is 2. The Kier molecular flexibility index (Phi) is 6.91. The number of hydrogen-bond acceptors (Lipinski definition) is 4. The van der Waals surface area contributed by atoms with Crippen molar-refractivity contribution >= 4 is 29.4 Å². The molecule has 2 heterocycles. The molecule has 0 spiro atoms. The third-order valence-electron chi connectivity index (χ3n) is 6.98. The highest BCUT2D eigenvalue weighted by Gasteiger charge is 2.49. The lowest BCUT2D eigenvalue weighted by molar-refractivity contribution is -0.140. The summed E-state index contributed by atoms with van der Waals surface area (Å²) in [6.07, 6.45) is 1.06. The summed E-state index contributed by atoms with van der Waals surface area (Å²) < 4.78 is 0. The zero-order chi connectivity index (χ0) is 25.2. The molecule has 2 aromatic rings. The molecule has 0 bridgehead atoms. The molecule has 8 heteroatoms. The summed E-state index contributed by atoms with van der Waals surface area (Å²) in [6.45, 7) is 6.34. The molecular formula is C27H32N4O4. The number of likely N-dealkylation sites (tertiary alicyclic amines) is 1. The van der Waals surface area contributed by atoms with E-state index in [0.29, 0.717) is 37.4 Å². The molecule has 2 aliphatic rings. The van der Waals surface area contributed by atoms with Crippen molar-refractivity contribution < 1.29 is 19.2 Å². The second kappa shape index (κ2) is 9.90. The van der Waals surface area contributed by atoms with Gasteiger partial charge < -0.3 is 15.5 Å². The molecule has 0 radical (unpaired) electrons. The Bertz CT molecular complexity index is 1110. The van der Waals surface area contributed by atoms with E-state index in [1.165, 1.54) is 0 Å². The van der Waals surface area contributed by atoms with Crippen LogP contribution in [0.1, 0.15) is 50.7 Å². The molecule has 2 N–H and O–H groups in total. The van der Waals surface area contributed by atoms with Gasteiger partial charge >= 0.3 is 6.03 Å². The van der Waals surface area contributed by atoms with Gasteiger partial charge in [-0.15, -0.1) is 0 Å². The minimum absolute atomic E-state index is 0.0587. The van der Waals surface area contributed by atoms with Crippen molar-refractivity contribution in [3.63, 3.8) is 0 Å². The predicted octanol–water partition coefficient (Wildman–Crippen LogP) is 3.45. The molecule has 4 rings (SSSR count). The number of urea groups is 1. The van der Waals surface area contributed by atoms with Gasteiger partial charge in [-0.25, -0.2) is 4.79 Å². The zero-order valence-electron chi connectivity index (χ0n) is 20.4. The fraction of sp³-hybridized carbons (Fsp3) is 0.407. The van der Waals surface area contributed by atoms with Crippen molar-refractivity contribution in [1.29, 1.82) is 0 Å². The third-order valence-corrected chi connectivity index (χ3v) is 6.98. The van der Waals surface area contributed by atoms with Gasteiger partial charge in [0.1, 0.15) is 12.1 Å². The number of carbonyl (C=O) groups is 4. The highest BCUT2D eigenvalue weighted by molar-refractivity contribution is 6.09. The number of nitrogens with zero attached hydrogens (tertiary/aromatic N) is 2. The highest BCUT2D eigenvalue weighted by Crippen LogP contribution is 2.30.